The predicted octanol–water partition coefficient (Wildman–Crippen LogP) is 1.45. The van der Waals surface area contributed by atoms with Gasteiger partial charge in [-0.2, -0.15) is 0 Å². The van der Waals surface area contributed by atoms with Crippen LogP contribution in [0.3, 0.4) is 0 Å². The van der Waals surface area contributed by atoms with E-state index < -0.39 is 5.82 Å². The molecule has 0 aliphatic carbocycles. The summed E-state index contributed by atoms with van der Waals surface area (Å²) in [6.07, 6.45) is 2.46. The number of aromatic nitrogens is 5. The molecule has 2 N–H and O–H groups in total. The Morgan fingerprint density at radius 3 is 2.68 bits per heavy atom. The Bertz CT molecular complexity index is 709. The molecule has 0 spiro atoms. The van der Waals surface area contributed by atoms with Gasteiger partial charge in [0.1, 0.15) is 11.4 Å². The average Bonchev–Trinajstić information content (AvgIpc) is 2.91. The predicted molar refractivity (Wildman–Crippen MR) is 66.8 cm³/mol. The van der Waals surface area contributed by atoms with Crippen LogP contribution in [0, 0.1) is 5.82 Å². The molecule has 2 heterocycles. The first-order valence-electron chi connectivity index (χ1n) is 5.50. The van der Waals surface area contributed by atoms with E-state index in [0.29, 0.717) is 5.69 Å². The second kappa shape index (κ2) is 4.45. The molecule has 0 fully saturated rings. The zero-order valence-corrected chi connectivity index (χ0v) is 9.73. The van der Waals surface area contributed by atoms with Crippen molar-refractivity contribution in [2.75, 3.05) is 5.73 Å². The number of benzene rings is 1. The largest absolute Gasteiger partial charge is 0.368 e. The zero-order valence-electron chi connectivity index (χ0n) is 9.73. The summed E-state index contributed by atoms with van der Waals surface area (Å²) in [6.45, 7) is 0. The smallest absolute Gasteiger partial charge is 0.220 e. The Hall–Kier alpha value is -2.83. The molecule has 0 bridgehead atoms. The third kappa shape index (κ3) is 2.01. The number of halogens is 1. The molecule has 0 radical (unpaired) electrons. The van der Waals surface area contributed by atoms with E-state index in [1.807, 2.05) is 30.3 Å². The summed E-state index contributed by atoms with van der Waals surface area (Å²) in [5.74, 6) is -0.578. The number of rotatable bonds is 2. The highest BCUT2D eigenvalue weighted by molar-refractivity contribution is 5.57. The van der Waals surface area contributed by atoms with E-state index in [4.69, 9.17) is 5.73 Å². The van der Waals surface area contributed by atoms with Crippen LogP contribution >= 0.6 is 0 Å². The molecule has 0 aliphatic heterocycles. The minimum atomic E-state index is -0.575. The molecular formula is C12H9FN6. The standard InChI is InChI=1S/C12H9FN6/c13-9-6-15-12(14)17-11(9)10-7-16-18-19(10)8-4-2-1-3-5-8/h1-7H,(H2,14,15,17). The molecule has 1 aromatic carbocycles. The van der Waals surface area contributed by atoms with Gasteiger partial charge in [0.2, 0.25) is 5.95 Å². The normalized spacial score (nSPS) is 10.6. The topological polar surface area (TPSA) is 82.5 Å². The summed E-state index contributed by atoms with van der Waals surface area (Å²) < 4.78 is 15.3. The van der Waals surface area contributed by atoms with Crippen molar-refractivity contribution in [2.24, 2.45) is 0 Å². The van der Waals surface area contributed by atoms with Crippen LogP contribution in [0.5, 0.6) is 0 Å². The van der Waals surface area contributed by atoms with Crippen molar-refractivity contribution in [1.82, 2.24) is 25.0 Å². The third-order valence-corrected chi connectivity index (χ3v) is 2.56. The second-order valence-electron chi connectivity index (χ2n) is 3.79. The maximum atomic E-state index is 13.8. The number of para-hydroxylation sites is 1. The van der Waals surface area contributed by atoms with Gasteiger partial charge in [0.15, 0.2) is 5.82 Å². The number of nitrogen functional groups attached to an aromatic ring is 1. The van der Waals surface area contributed by atoms with Gasteiger partial charge in [0, 0.05) is 0 Å². The Balaban J connectivity index is 2.18. The molecule has 3 aromatic rings. The van der Waals surface area contributed by atoms with Crippen molar-refractivity contribution in [3.05, 3.63) is 48.5 Å². The summed E-state index contributed by atoms with van der Waals surface area (Å²) in [4.78, 5) is 7.49. The SMILES string of the molecule is Nc1ncc(F)c(-c2cnnn2-c2ccccc2)n1. The molecule has 0 unspecified atom stereocenters. The maximum absolute atomic E-state index is 13.8. The van der Waals surface area contributed by atoms with Crippen molar-refractivity contribution in [3.63, 3.8) is 0 Å². The third-order valence-electron chi connectivity index (χ3n) is 2.56. The van der Waals surface area contributed by atoms with Gasteiger partial charge >= 0.3 is 0 Å². The molecule has 19 heavy (non-hydrogen) atoms. The van der Waals surface area contributed by atoms with E-state index in [2.05, 4.69) is 20.3 Å². The lowest BCUT2D eigenvalue weighted by atomic mass is 10.2. The van der Waals surface area contributed by atoms with Crippen molar-refractivity contribution in [3.8, 4) is 17.1 Å². The number of nitrogens with zero attached hydrogens (tertiary/aromatic N) is 5. The number of hydrogen-bond donors (Lipinski definition) is 1. The molecule has 0 aliphatic rings. The Labute approximate surface area is 107 Å². The van der Waals surface area contributed by atoms with Gasteiger partial charge in [-0.25, -0.2) is 19.0 Å². The lowest BCUT2D eigenvalue weighted by Crippen LogP contribution is -2.04. The van der Waals surface area contributed by atoms with Gasteiger partial charge in [-0.15, -0.1) is 5.10 Å². The Morgan fingerprint density at radius 1 is 1.11 bits per heavy atom. The highest BCUT2D eigenvalue weighted by atomic mass is 19.1. The van der Waals surface area contributed by atoms with E-state index in [0.717, 1.165) is 11.9 Å². The molecule has 0 amide bonds. The highest BCUT2D eigenvalue weighted by Crippen LogP contribution is 2.22. The summed E-state index contributed by atoms with van der Waals surface area (Å²) in [5.41, 5.74) is 6.72. The van der Waals surface area contributed by atoms with Gasteiger partial charge in [-0.1, -0.05) is 23.4 Å². The van der Waals surface area contributed by atoms with Crippen molar-refractivity contribution >= 4 is 5.95 Å². The van der Waals surface area contributed by atoms with E-state index in [9.17, 15) is 4.39 Å². The van der Waals surface area contributed by atoms with Crippen LogP contribution in [0.1, 0.15) is 0 Å². The first-order chi connectivity index (χ1) is 9.25. The number of anilines is 1. The van der Waals surface area contributed by atoms with Crippen LogP contribution < -0.4 is 5.73 Å². The Kier molecular flexibility index (Phi) is 2.64. The van der Waals surface area contributed by atoms with Crippen LogP contribution in [-0.2, 0) is 0 Å². The molecule has 0 saturated carbocycles. The second-order valence-corrected chi connectivity index (χ2v) is 3.79. The monoisotopic (exact) mass is 256 g/mol. The van der Waals surface area contributed by atoms with Gasteiger partial charge in [0.05, 0.1) is 18.1 Å². The van der Waals surface area contributed by atoms with Gasteiger partial charge in [0.25, 0.3) is 0 Å². The molecule has 94 valence electrons. The van der Waals surface area contributed by atoms with Gasteiger partial charge in [-0.3, -0.25) is 0 Å². The summed E-state index contributed by atoms with van der Waals surface area (Å²) in [6, 6.07) is 9.25. The van der Waals surface area contributed by atoms with Crippen molar-refractivity contribution < 1.29 is 4.39 Å². The molecule has 0 atom stereocenters. The fourth-order valence-corrected chi connectivity index (χ4v) is 1.72. The molecule has 2 aromatic heterocycles. The zero-order chi connectivity index (χ0) is 13.2. The first kappa shape index (κ1) is 11.3. The maximum Gasteiger partial charge on any atom is 0.220 e. The molecule has 6 nitrogen and oxygen atoms in total. The molecule has 7 heteroatoms. The number of nitrogens with two attached hydrogens (primary N) is 1. The average molecular weight is 256 g/mol. The summed E-state index contributed by atoms with van der Waals surface area (Å²) in [5, 5.41) is 7.72. The highest BCUT2D eigenvalue weighted by Gasteiger charge is 2.15. The van der Waals surface area contributed by atoms with Crippen LogP contribution in [0.15, 0.2) is 42.7 Å². The lowest BCUT2D eigenvalue weighted by molar-refractivity contribution is 0.617. The fraction of sp³-hybridized carbons (Fsp3) is 0. The van der Waals surface area contributed by atoms with Crippen LogP contribution in [0.2, 0.25) is 0 Å². The summed E-state index contributed by atoms with van der Waals surface area (Å²) in [7, 11) is 0. The van der Waals surface area contributed by atoms with E-state index in [1.165, 1.54) is 10.9 Å². The van der Waals surface area contributed by atoms with E-state index >= 15 is 0 Å². The quantitative estimate of drug-likeness (QED) is 0.750. The minimum absolute atomic E-state index is 0.00258. The van der Waals surface area contributed by atoms with E-state index in [1.54, 1.807) is 0 Å². The molecular weight excluding hydrogens is 247 g/mol. The van der Waals surface area contributed by atoms with E-state index in [-0.39, 0.29) is 11.6 Å². The van der Waals surface area contributed by atoms with Crippen LogP contribution in [0.25, 0.3) is 17.1 Å². The minimum Gasteiger partial charge on any atom is -0.368 e. The lowest BCUT2D eigenvalue weighted by Gasteiger charge is -2.06. The van der Waals surface area contributed by atoms with Crippen molar-refractivity contribution in [1.29, 1.82) is 0 Å². The molecule has 0 saturated heterocycles. The number of hydrogen-bond acceptors (Lipinski definition) is 5. The van der Waals surface area contributed by atoms with Gasteiger partial charge in [-0.05, 0) is 12.1 Å². The summed E-state index contributed by atoms with van der Waals surface area (Å²) >= 11 is 0. The molecule has 3 rings (SSSR count). The van der Waals surface area contributed by atoms with Crippen molar-refractivity contribution in [2.45, 2.75) is 0 Å². The fourth-order valence-electron chi connectivity index (χ4n) is 1.72. The first-order valence-corrected chi connectivity index (χ1v) is 5.50. The van der Waals surface area contributed by atoms with Crippen LogP contribution in [0.4, 0.5) is 10.3 Å². The Morgan fingerprint density at radius 2 is 1.89 bits per heavy atom. The van der Waals surface area contributed by atoms with Crippen LogP contribution in [-0.4, -0.2) is 25.0 Å². The van der Waals surface area contributed by atoms with Gasteiger partial charge < -0.3 is 5.73 Å².